The van der Waals surface area contributed by atoms with Crippen molar-refractivity contribution < 1.29 is 24.0 Å². The van der Waals surface area contributed by atoms with Gasteiger partial charge in [-0.3, -0.25) is 24.5 Å². The molecule has 0 bridgehead atoms. The van der Waals surface area contributed by atoms with Gasteiger partial charge in [-0.2, -0.15) is 0 Å². The van der Waals surface area contributed by atoms with Gasteiger partial charge in [-0.05, 0) is 18.6 Å². The first-order chi connectivity index (χ1) is 13.9. The smallest absolute Gasteiger partial charge is 0.325 e. The highest BCUT2D eigenvalue weighted by Gasteiger charge is 2.26. The highest BCUT2D eigenvalue weighted by atomic mass is 16.6. The second-order valence-electron chi connectivity index (χ2n) is 6.01. The van der Waals surface area contributed by atoms with Gasteiger partial charge in [0, 0.05) is 12.5 Å². The van der Waals surface area contributed by atoms with Crippen molar-refractivity contribution in [3.05, 3.63) is 75.8 Å². The van der Waals surface area contributed by atoms with Crippen LogP contribution < -0.4 is 10.6 Å². The SMILES string of the molecule is CCOC(=O)CNC(=O)[C@H](Cc1ccccc1)NC(=O)c1ccccc1[N+](=O)[O-]. The summed E-state index contributed by atoms with van der Waals surface area (Å²) < 4.78 is 4.77. The number of benzene rings is 2. The van der Waals surface area contributed by atoms with E-state index in [2.05, 4.69) is 10.6 Å². The third-order valence-electron chi connectivity index (χ3n) is 3.96. The first kappa shape index (κ1) is 21.5. The Labute approximate surface area is 167 Å². The number of carbonyl (C=O) groups is 3. The third kappa shape index (κ3) is 6.42. The van der Waals surface area contributed by atoms with Crippen molar-refractivity contribution in [2.24, 2.45) is 0 Å². The molecular weight excluding hydrogens is 378 g/mol. The molecule has 2 amide bonds. The van der Waals surface area contributed by atoms with Gasteiger partial charge < -0.3 is 15.4 Å². The van der Waals surface area contributed by atoms with Gasteiger partial charge in [-0.1, -0.05) is 42.5 Å². The molecule has 0 saturated carbocycles. The monoisotopic (exact) mass is 399 g/mol. The topological polar surface area (TPSA) is 128 Å². The maximum absolute atomic E-state index is 12.6. The average Bonchev–Trinajstić information content (AvgIpc) is 2.72. The van der Waals surface area contributed by atoms with Crippen molar-refractivity contribution in [1.29, 1.82) is 0 Å². The number of nitro groups is 1. The van der Waals surface area contributed by atoms with Crippen LogP contribution in [0.2, 0.25) is 0 Å². The van der Waals surface area contributed by atoms with E-state index in [-0.39, 0.29) is 30.8 Å². The lowest BCUT2D eigenvalue weighted by molar-refractivity contribution is -0.385. The molecular formula is C20H21N3O6. The number of rotatable bonds is 9. The molecule has 0 unspecified atom stereocenters. The van der Waals surface area contributed by atoms with Gasteiger partial charge in [0.05, 0.1) is 11.5 Å². The van der Waals surface area contributed by atoms with Crippen LogP contribution in [-0.4, -0.2) is 41.9 Å². The van der Waals surface area contributed by atoms with Crippen molar-refractivity contribution >= 4 is 23.5 Å². The summed E-state index contributed by atoms with van der Waals surface area (Å²) in [6.07, 6.45) is 0.141. The standard InChI is InChI=1S/C20H21N3O6/c1-2-29-18(24)13-21-20(26)16(12-14-8-4-3-5-9-14)22-19(25)15-10-6-7-11-17(15)23(27)28/h3-11,16H,2,12-13H2,1H3,(H,21,26)(H,22,25)/t16-/m0/s1. The molecule has 0 saturated heterocycles. The molecule has 9 heteroatoms. The van der Waals surface area contributed by atoms with Gasteiger partial charge in [0.15, 0.2) is 0 Å². The van der Waals surface area contributed by atoms with Crippen molar-refractivity contribution in [3.63, 3.8) is 0 Å². The first-order valence-electron chi connectivity index (χ1n) is 8.94. The molecule has 2 aromatic rings. The maximum Gasteiger partial charge on any atom is 0.325 e. The zero-order valence-corrected chi connectivity index (χ0v) is 15.8. The van der Waals surface area contributed by atoms with Crippen LogP contribution >= 0.6 is 0 Å². The summed E-state index contributed by atoms with van der Waals surface area (Å²) in [4.78, 5) is 47.2. The average molecular weight is 399 g/mol. The summed E-state index contributed by atoms with van der Waals surface area (Å²) in [5, 5.41) is 16.1. The van der Waals surface area contributed by atoms with E-state index < -0.39 is 28.7 Å². The fourth-order valence-electron chi connectivity index (χ4n) is 2.61. The molecule has 0 fully saturated rings. The normalized spacial score (nSPS) is 11.2. The van der Waals surface area contributed by atoms with Gasteiger partial charge in [0.2, 0.25) is 5.91 Å². The van der Waals surface area contributed by atoms with Crippen molar-refractivity contribution in [3.8, 4) is 0 Å². The molecule has 0 aliphatic heterocycles. The van der Waals surface area contributed by atoms with Gasteiger partial charge in [-0.15, -0.1) is 0 Å². The van der Waals surface area contributed by atoms with Crippen molar-refractivity contribution in [1.82, 2.24) is 10.6 Å². The van der Waals surface area contributed by atoms with Crippen LogP contribution in [0, 0.1) is 10.1 Å². The number of nitrogens with zero attached hydrogens (tertiary/aromatic N) is 1. The molecule has 1 atom stereocenters. The van der Waals surface area contributed by atoms with E-state index in [1.165, 1.54) is 24.3 Å². The van der Waals surface area contributed by atoms with Crippen LogP contribution in [0.1, 0.15) is 22.8 Å². The minimum atomic E-state index is -1.04. The Balaban J connectivity index is 2.18. The molecule has 9 nitrogen and oxygen atoms in total. The molecule has 0 heterocycles. The maximum atomic E-state index is 12.6. The van der Waals surface area contributed by atoms with Gasteiger partial charge in [-0.25, -0.2) is 0 Å². The first-order valence-corrected chi connectivity index (χ1v) is 8.94. The van der Waals surface area contributed by atoms with Crippen LogP contribution in [0.15, 0.2) is 54.6 Å². The summed E-state index contributed by atoms with van der Waals surface area (Å²) >= 11 is 0. The van der Waals surface area contributed by atoms with Crippen LogP contribution in [-0.2, 0) is 20.7 Å². The Morgan fingerprint density at radius 2 is 1.72 bits per heavy atom. The second-order valence-corrected chi connectivity index (χ2v) is 6.01. The summed E-state index contributed by atoms with van der Waals surface area (Å²) in [6, 6.07) is 13.4. The number of hydrogen-bond acceptors (Lipinski definition) is 6. The Hall–Kier alpha value is -3.75. The Morgan fingerprint density at radius 1 is 1.07 bits per heavy atom. The molecule has 29 heavy (non-hydrogen) atoms. The minimum Gasteiger partial charge on any atom is -0.465 e. The fourth-order valence-corrected chi connectivity index (χ4v) is 2.61. The van der Waals surface area contributed by atoms with Crippen molar-refractivity contribution in [2.45, 2.75) is 19.4 Å². The summed E-state index contributed by atoms with van der Waals surface area (Å²) in [5.74, 6) is -1.97. The molecule has 0 aliphatic carbocycles. The number of nitro benzene ring substituents is 1. The molecule has 2 aromatic carbocycles. The molecule has 152 valence electrons. The molecule has 0 aromatic heterocycles. The van der Waals surface area contributed by atoms with Gasteiger partial charge >= 0.3 is 5.97 Å². The number of amides is 2. The molecule has 0 spiro atoms. The molecule has 0 radical (unpaired) electrons. The number of carbonyl (C=O) groups excluding carboxylic acids is 3. The highest BCUT2D eigenvalue weighted by Crippen LogP contribution is 2.17. The number of ether oxygens (including phenoxy) is 1. The second kappa shape index (κ2) is 10.5. The zero-order chi connectivity index (χ0) is 21.2. The van der Waals surface area contributed by atoms with Gasteiger partial charge in [0.1, 0.15) is 18.2 Å². The van der Waals surface area contributed by atoms with E-state index >= 15 is 0 Å². The lowest BCUT2D eigenvalue weighted by atomic mass is 10.0. The van der Waals surface area contributed by atoms with Crippen molar-refractivity contribution in [2.75, 3.05) is 13.2 Å². The summed E-state index contributed by atoms with van der Waals surface area (Å²) in [7, 11) is 0. The number of para-hydroxylation sites is 1. The number of esters is 1. The Kier molecular flexibility index (Phi) is 7.84. The van der Waals surface area contributed by atoms with E-state index in [0.717, 1.165) is 5.56 Å². The predicted molar refractivity (Wildman–Crippen MR) is 104 cm³/mol. The lowest BCUT2D eigenvalue weighted by Crippen LogP contribution is -2.49. The van der Waals surface area contributed by atoms with Gasteiger partial charge in [0.25, 0.3) is 11.6 Å². The number of nitrogens with one attached hydrogen (secondary N) is 2. The van der Waals surface area contributed by atoms with E-state index in [0.29, 0.717) is 0 Å². The predicted octanol–water partition coefficient (Wildman–Crippen LogP) is 1.62. The van der Waals surface area contributed by atoms with Crippen LogP contribution in [0.3, 0.4) is 0 Å². The van der Waals surface area contributed by atoms with Crippen LogP contribution in [0.25, 0.3) is 0 Å². The molecule has 2 rings (SSSR count). The highest BCUT2D eigenvalue weighted by molar-refractivity contribution is 6.00. The zero-order valence-electron chi connectivity index (χ0n) is 15.8. The van der Waals surface area contributed by atoms with E-state index in [1.807, 2.05) is 6.07 Å². The summed E-state index contributed by atoms with van der Waals surface area (Å²) in [6.45, 7) is 1.47. The van der Waals surface area contributed by atoms with E-state index in [9.17, 15) is 24.5 Å². The van der Waals surface area contributed by atoms with E-state index in [1.54, 1.807) is 31.2 Å². The minimum absolute atomic E-state index is 0.141. The molecule has 0 aliphatic rings. The fraction of sp³-hybridized carbons (Fsp3) is 0.250. The largest absolute Gasteiger partial charge is 0.465 e. The van der Waals surface area contributed by atoms with E-state index in [4.69, 9.17) is 4.74 Å². The summed E-state index contributed by atoms with van der Waals surface area (Å²) in [5.41, 5.74) is 0.246. The van der Waals surface area contributed by atoms with Crippen LogP contribution in [0.4, 0.5) is 5.69 Å². The van der Waals surface area contributed by atoms with Crippen LogP contribution in [0.5, 0.6) is 0 Å². The Bertz CT molecular complexity index is 885. The quantitative estimate of drug-likeness (QED) is 0.375. The number of hydrogen-bond donors (Lipinski definition) is 2. The third-order valence-corrected chi connectivity index (χ3v) is 3.96. The molecule has 2 N–H and O–H groups in total. The lowest BCUT2D eigenvalue weighted by Gasteiger charge is -2.18. The Morgan fingerprint density at radius 3 is 2.38 bits per heavy atom.